The lowest BCUT2D eigenvalue weighted by Gasteiger charge is -2.38. The second kappa shape index (κ2) is 9.18. The number of hydrogen-bond acceptors (Lipinski definition) is 3. The summed E-state index contributed by atoms with van der Waals surface area (Å²) < 4.78 is 13.8. The molecule has 2 saturated heterocycles. The lowest BCUT2D eigenvalue weighted by molar-refractivity contribution is 0.150. The van der Waals surface area contributed by atoms with Crippen LogP contribution in [0.2, 0.25) is 0 Å². The van der Waals surface area contributed by atoms with Crippen LogP contribution in [0.1, 0.15) is 38.7 Å². The lowest BCUT2D eigenvalue weighted by Crippen LogP contribution is -2.47. The van der Waals surface area contributed by atoms with Gasteiger partial charge >= 0.3 is 0 Å². The predicted molar refractivity (Wildman–Crippen MR) is 108 cm³/mol. The van der Waals surface area contributed by atoms with Gasteiger partial charge in [0.2, 0.25) is 0 Å². The average Bonchev–Trinajstić information content (AvgIpc) is 2.63. The maximum atomic E-state index is 13.8. The molecule has 0 bridgehead atoms. The SMILES string of the molecule is Cc1ccc(N2CCN(CCC3CCN(CC(C)C)CC3)CC2)cc1F. The number of halogens is 1. The van der Waals surface area contributed by atoms with E-state index in [1.807, 2.05) is 13.0 Å². The van der Waals surface area contributed by atoms with Gasteiger partial charge in [0.25, 0.3) is 0 Å². The minimum atomic E-state index is -0.0891. The molecule has 0 amide bonds. The molecule has 0 radical (unpaired) electrons. The van der Waals surface area contributed by atoms with E-state index in [-0.39, 0.29) is 5.82 Å². The van der Waals surface area contributed by atoms with Crippen molar-refractivity contribution in [1.29, 1.82) is 0 Å². The first kappa shape index (κ1) is 19.6. The largest absolute Gasteiger partial charge is 0.369 e. The Bertz CT molecular complexity index is 559. The molecule has 0 aliphatic carbocycles. The second-order valence-electron chi connectivity index (χ2n) is 8.69. The Labute approximate surface area is 159 Å². The number of nitrogens with zero attached hydrogens (tertiary/aromatic N) is 3. The van der Waals surface area contributed by atoms with Crippen molar-refractivity contribution in [2.75, 3.05) is 57.3 Å². The van der Waals surface area contributed by atoms with Crippen LogP contribution in [-0.2, 0) is 0 Å². The number of likely N-dealkylation sites (tertiary alicyclic amines) is 1. The molecule has 26 heavy (non-hydrogen) atoms. The maximum absolute atomic E-state index is 13.8. The Morgan fingerprint density at radius 1 is 1.00 bits per heavy atom. The number of aryl methyl sites for hydroxylation is 1. The van der Waals surface area contributed by atoms with E-state index >= 15 is 0 Å². The van der Waals surface area contributed by atoms with Crippen LogP contribution in [0.3, 0.4) is 0 Å². The highest BCUT2D eigenvalue weighted by atomic mass is 19.1. The standard InChI is InChI=1S/C22H36FN3/c1-18(2)17-25-10-7-20(8-11-25)6-9-24-12-14-26(15-13-24)21-5-4-19(3)22(23)16-21/h4-5,16,18,20H,6-15,17H2,1-3H3. The molecule has 2 fully saturated rings. The number of anilines is 1. The third kappa shape index (κ3) is 5.43. The summed E-state index contributed by atoms with van der Waals surface area (Å²) >= 11 is 0. The zero-order valence-electron chi connectivity index (χ0n) is 16.9. The first-order chi connectivity index (χ1) is 12.5. The Morgan fingerprint density at radius 2 is 1.69 bits per heavy atom. The molecule has 0 unspecified atom stereocenters. The molecule has 1 aromatic carbocycles. The number of piperidine rings is 1. The summed E-state index contributed by atoms with van der Waals surface area (Å²) in [6, 6.07) is 5.64. The van der Waals surface area contributed by atoms with Gasteiger partial charge in [-0.15, -0.1) is 0 Å². The highest BCUT2D eigenvalue weighted by Crippen LogP contribution is 2.23. The molecule has 1 aromatic rings. The minimum absolute atomic E-state index is 0.0891. The molecule has 2 heterocycles. The molecule has 3 nitrogen and oxygen atoms in total. The predicted octanol–water partition coefficient (Wildman–Crippen LogP) is 4.01. The van der Waals surface area contributed by atoms with Crippen molar-refractivity contribution in [3.63, 3.8) is 0 Å². The molecule has 0 aromatic heterocycles. The first-order valence-electron chi connectivity index (χ1n) is 10.5. The number of piperazine rings is 1. The van der Waals surface area contributed by atoms with E-state index in [9.17, 15) is 4.39 Å². The lowest BCUT2D eigenvalue weighted by atomic mass is 9.93. The van der Waals surface area contributed by atoms with Crippen molar-refractivity contribution in [2.45, 2.75) is 40.0 Å². The Hall–Kier alpha value is -1.13. The summed E-state index contributed by atoms with van der Waals surface area (Å²) in [4.78, 5) is 7.56. The highest BCUT2D eigenvalue weighted by Gasteiger charge is 2.22. The topological polar surface area (TPSA) is 9.72 Å². The van der Waals surface area contributed by atoms with Crippen molar-refractivity contribution in [3.05, 3.63) is 29.6 Å². The molecule has 2 aliphatic rings. The van der Waals surface area contributed by atoms with Crippen LogP contribution in [0.5, 0.6) is 0 Å². The fourth-order valence-electron chi connectivity index (χ4n) is 4.35. The van der Waals surface area contributed by atoms with E-state index in [0.29, 0.717) is 0 Å². The normalized spacial score (nSPS) is 20.9. The molecule has 0 atom stereocenters. The summed E-state index contributed by atoms with van der Waals surface area (Å²) in [6.45, 7) is 15.7. The van der Waals surface area contributed by atoms with Gasteiger partial charge in [0, 0.05) is 38.4 Å². The van der Waals surface area contributed by atoms with Gasteiger partial charge in [-0.1, -0.05) is 19.9 Å². The molecule has 146 valence electrons. The molecule has 4 heteroatoms. The van der Waals surface area contributed by atoms with E-state index < -0.39 is 0 Å². The van der Waals surface area contributed by atoms with Gasteiger partial charge in [-0.2, -0.15) is 0 Å². The van der Waals surface area contributed by atoms with Crippen LogP contribution in [0.15, 0.2) is 18.2 Å². The molecular formula is C22H36FN3. The highest BCUT2D eigenvalue weighted by molar-refractivity contribution is 5.48. The molecule has 0 saturated carbocycles. The maximum Gasteiger partial charge on any atom is 0.128 e. The second-order valence-corrected chi connectivity index (χ2v) is 8.69. The first-order valence-corrected chi connectivity index (χ1v) is 10.5. The van der Waals surface area contributed by atoms with Crippen molar-refractivity contribution in [1.82, 2.24) is 9.80 Å². The molecule has 2 aliphatic heterocycles. The van der Waals surface area contributed by atoms with Crippen molar-refractivity contribution in [2.24, 2.45) is 11.8 Å². The summed E-state index contributed by atoms with van der Waals surface area (Å²) in [5.41, 5.74) is 1.76. The average molecular weight is 362 g/mol. The molecular weight excluding hydrogens is 325 g/mol. The smallest absolute Gasteiger partial charge is 0.128 e. The van der Waals surface area contributed by atoms with Crippen LogP contribution >= 0.6 is 0 Å². The summed E-state index contributed by atoms with van der Waals surface area (Å²) in [7, 11) is 0. The van der Waals surface area contributed by atoms with Crippen LogP contribution in [0.4, 0.5) is 10.1 Å². The van der Waals surface area contributed by atoms with Gasteiger partial charge in [0.05, 0.1) is 0 Å². The van der Waals surface area contributed by atoms with Gasteiger partial charge in [-0.05, 0) is 75.4 Å². The van der Waals surface area contributed by atoms with Crippen LogP contribution in [0.25, 0.3) is 0 Å². The van der Waals surface area contributed by atoms with Crippen LogP contribution < -0.4 is 4.90 Å². The van der Waals surface area contributed by atoms with Gasteiger partial charge in [0.1, 0.15) is 5.82 Å². The fraction of sp³-hybridized carbons (Fsp3) is 0.727. The van der Waals surface area contributed by atoms with E-state index in [1.54, 1.807) is 6.07 Å². The van der Waals surface area contributed by atoms with Gasteiger partial charge < -0.3 is 9.80 Å². The zero-order chi connectivity index (χ0) is 18.5. The third-order valence-corrected chi connectivity index (χ3v) is 6.08. The number of hydrogen-bond donors (Lipinski definition) is 0. The third-order valence-electron chi connectivity index (χ3n) is 6.08. The Morgan fingerprint density at radius 3 is 2.31 bits per heavy atom. The van der Waals surface area contributed by atoms with Gasteiger partial charge in [-0.3, -0.25) is 4.90 Å². The van der Waals surface area contributed by atoms with E-state index in [4.69, 9.17) is 0 Å². The van der Waals surface area contributed by atoms with E-state index in [2.05, 4.69) is 34.6 Å². The summed E-state index contributed by atoms with van der Waals surface area (Å²) in [5.74, 6) is 1.60. The zero-order valence-corrected chi connectivity index (χ0v) is 16.9. The van der Waals surface area contributed by atoms with E-state index in [0.717, 1.165) is 49.3 Å². The van der Waals surface area contributed by atoms with Crippen molar-refractivity contribution in [3.8, 4) is 0 Å². The van der Waals surface area contributed by atoms with E-state index in [1.165, 1.54) is 45.4 Å². The number of rotatable bonds is 6. The Balaban J connectivity index is 1.36. The van der Waals surface area contributed by atoms with Crippen molar-refractivity contribution >= 4 is 5.69 Å². The van der Waals surface area contributed by atoms with Crippen LogP contribution in [0, 0.1) is 24.6 Å². The molecule has 0 spiro atoms. The van der Waals surface area contributed by atoms with Crippen molar-refractivity contribution < 1.29 is 4.39 Å². The summed E-state index contributed by atoms with van der Waals surface area (Å²) in [6.07, 6.45) is 4.08. The Kier molecular flexibility index (Phi) is 6.93. The minimum Gasteiger partial charge on any atom is -0.369 e. The monoisotopic (exact) mass is 361 g/mol. The molecule has 3 rings (SSSR count). The fourth-order valence-corrected chi connectivity index (χ4v) is 4.35. The van der Waals surface area contributed by atoms with Crippen LogP contribution in [-0.4, -0.2) is 62.2 Å². The number of benzene rings is 1. The summed E-state index contributed by atoms with van der Waals surface area (Å²) in [5, 5.41) is 0. The molecule has 0 N–H and O–H groups in total. The van der Waals surface area contributed by atoms with Gasteiger partial charge in [-0.25, -0.2) is 4.39 Å². The van der Waals surface area contributed by atoms with Gasteiger partial charge in [0.15, 0.2) is 0 Å². The quantitative estimate of drug-likeness (QED) is 0.758.